The number of ketones is 1. The highest BCUT2D eigenvalue weighted by Crippen LogP contribution is 2.35. The number of nitriles is 1. The van der Waals surface area contributed by atoms with E-state index in [1.54, 1.807) is 30.3 Å². The van der Waals surface area contributed by atoms with Crippen molar-refractivity contribution in [3.05, 3.63) is 59.9 Å². The van der Waals surface area contributed by atoms with E-state index in [0.29, 0.717) is 28.1 Å². The van der Waals surface area contributed by atoms with Gasteiger partial charge in [-0.1, -0.05) is 24.3 Å². The number of anilines is 1. The molecule has 3 rings (SSSR count). The summed E-state index contributed by atoms with van der Waals surface area (Å²) >= 11 is 0. The lowest BCUT2D eigenvalue weighted by Gasteiger charge is -2.12. The Morgan fingerprint density at radius 1 is 1.22 bits per heavy atom. The predicted octanol–water partition coefficient (Wildman–Crippen LogP) is 3.67. The second-order valence-electron chi connectivity index (χ2n) is 5.01. The molecular weight excluding hydrogens is 290 g/mol. The van der Waals surface area contributed by atoms with Gasteiger partial charge in [0.1, 0.15) is 17.6 Å². The lowest BCUT2D eigenvalue weighted by molar-refractivity contribution is 0.101. The predicted molar refractivity (Wildman–Crippen MR) is 86.5 cm³/mol. The van der Waals surface area contributed by atoms with Crippen molar-refractivity contribution in [1.29, 1.82) is 5.26 Å². The van der Waals surface area contributed by atoms with E-state index in [0.717, 1.165) is 0 Å². The van der Waals surface area contributed by atoms with Crippen LogP contribution in [0.3, 0.4) is 0 Å². The monoisotopic (exact) mass is 303 g/mol. The molecule has 0 aliphatic rings. The molecule has 0 spiro atoms. The number of hydrogen-bond donors (Lipinski definition) is 1. The molecule has 0 aliphatic heterocycles. The molecule has 2 heterocycles. The topological polar surface area (TPSA) is 92.9 Å². The van der Waals surface area contributed by atoms with E-state index in [-0.39, 0.29) is 17.2 Å². The van der Waals surface area contributed by atoms with E-state index in [1.165, 1.54) is 13.2 Å². The van der Waals surface area contributed by atoms with Crippen molar-refractivity contribution >= 4 is 11.6 Å². The summed E-state index contributed by atoms with van der Waals surface area (Å²) in [5.41, 5.74) is 8.48. The van der Waals surface area contributed by atoms with Gasteiger partial charge in [-0.25, -0.2) is 4.98 Å². The Labute approximate surface area is 133 Å². The molecule has 0 unspecified atom stereocenters. The molecule has 0 fully saturated rings. The van der Waals surface area contributed by atoms with E-state index >= 15 is 0 Å². The zero-order chi connectivity index (χ0) is 16.4. The van der Waals surface area contributed by atoms with Crippen molar-refractivity contribution in [3.8, 4) is 28.7 Å². The third-order valence-corrected chi connectivity index (χ3v) is 3.52. The van der Waals surface area contributed by atoms with Gasteiger partial charge in [0.25, 0.3) is 0 Å². The number of carbonyl (C=O) groups is 1. The zero-order valence-corrected chi connectivity index (χ0v) is 12.4. The fourth-order valence-electron chi connectivity index (χ4n) is 2.45. The molecule has 5 nitrogen and oxygen atoms in total. The SMILES string of the molecule is CC(=O)c1ccccc1-c1cc(C#N)c(N)nc1-c1ccco1. The molecule has 0 atom stereocenters. The molecule has 5 heteroatoms. The summed E-state index contributed by atoms with van der Waals surface area (Å²) < 4.78 is 5.42. The Morgan fingerprint density at radius 3 is 2.65 bits per heavy atom. The summed E-state index contributed by atoms with van der Waals surface area (Å²) in [6, 6.07) is 14.3. The van der Waals surface area contributed by atoms with Crippen molar-refractivity contribution in [1.82, 2.24) is 4.98 Å². The van der Waals surface area contributed by atoms with Gasteiger partial charge in [-0.15, -0.1) is 0 Å². The van der Waals surface area contributed by atoms with E-state index < -0.39 is 0 Å². The molecular formula is C18H13N3O2. The number of nitrogens with two attached hydrogens (primary N) is 1. The number of hydrogen-bond acceptors (Lipinski definition) is 5. The first-order valence-corrected chi connectivity index (χ1v) is 6.96. The molecule has 0 saturated heterocycles. The van der Waals surface area contributed by atoms with Crippen molar-refractivity contribution in [2.45, 2.75) is 6.92 Å². The number of nitrogens with zero attached hydrogens (tertiary/aromatic N) is 2. The number of rotatable bonds is 3. The summed E-state index contributed by atoms with van der Waals surface area (Å²) in [5, 5.41) is 9.23. The van der Waals surface area contributed by atoms with E-state index in [4.69, 9.17) is 10.2 Å². The van der Waals surface area contributed by atoms with E-state index in [1.807, 2.05) is 18.2 Å². The van der Waals surface area contributed by atoms with Crippen LogP contribution in [-0.4, -0.2) is 10.8 Å². The average molecular weight is 303 g/mol. The van der Waals surface area contributed by atoms with Crippen molar-refractivity contribution < 1.29 is 9.21 Å². The maximum absolute atomic E-state index is 11.9. The average Bonchev–Trinajstić information content (AvgIpc) is 3.09. The fraction of sp³-hybridized carbons (Fsp3) is 0.0556. The highest BCUT2D eigenvalue weighted by atomic mass is 16.3. The van der Waals surface area contributed by atoms with Gasteiger partial charge < -0.3 is 10.2 Å². The number of benzene rings is 1. The van der Waals surface area contributed by atoms with Gasteiger partial charge in [-0.3, -0.25) is 4.79 Å². The molecule has 0 aliphatic carbocycles. The van der Waals surface area contributed by atoms with Crippen LogP contribution in [0.4, 0.5) is 5.82 Å². The molecule has 0 saturated carbocycles. The first kappa shape index (κ1) is 14.5. The maximum atomic E-state index is 11.9. The molecule has 1 aromatic carbocycles. The molecule has 0 amide bonds. The number of pyridine rings is 1. The Balaban J connectivity index is 2.35. The number of Topliss-reactive ketones (excluding diaryl/α,β-unsaturated/α-hetero) is 1. The molecule has 3 aromatic rings. The quantitative estimate of drug-likeness (QED) is 0.745. The number of nitrogen functional groups attached to an aromatic ring is 1. The minimum Gasteiger partial charge on any atom is -0.463 e. The Morgan fingerprint density at radius 2 is 2.00 bits per heavy atom. The van der Waals surface area contributed by atoms with Crippen LogP contribution in [0, 0.1) is 11.3 Å². The summed E-state index contributed by atoms with van der Waals surface area (Å²) in [4.78, 5) is 16.2. The number of carbonyl (C=O) groups excluding carboxylic acids is 1. The van der Waals surface area contributed by atoms with Crippen LogP contribution in [0.15, 0.2) is 53.1 Å². The second kappa shape index (κ2) is 5.78. The van der Waals surface area contributed by atoms with Gasteiger partial charge in [0, 0.05) is 11.1 Å². The Kier molecular flexibility index (Phi) is 3.65. The van der Waals surface area contributed by atoms with Crippen LogP contribution in [0.2, 0.25) is 0 Å². The standard InChI is InChI=1S/C18H13N3O2/c1-11(22)13-5-2-3-6-14(13)15-9-12(10-19)18(20)21-17(15)16-7-4-8-23-16/h2-9H,1H3,(H2,20,21). The van der Waals surface area contributed by atoms with Gasteiger partial charge in [0.2, 0.25) is 0 Å². The molecule has 0 radical (unpaired) electrons. The van der Waals surface area contributed by atoms with Crippen molar-refractivity contribution in [3.63, 3.8) is 0 Å². The Bertz CT molecular complexity index is 922. The normalized spacial score (nSPS) is 10.3. The molecule has 0 bridgehead atoms. The summed E-state index contributed by atoms with van der Waals surface area (Å²) in [6.45, 7) is 1.50. The third kappa shape index (κ3) is 2.58. The van der Waals surface area contributed by atoms with E-state index in [2.05, 4.69) is 4.98 Å². The van der Waals surface area contributed by atoms with Crippen LogP contribution < -0.4 is 5.73 Å². The van der Waals surface area contributed by atoms with Gasteiger partial charge in [-0.05, 0) is 30.7 Å². The molecule has 2 aromatic heterocycles. The third-order valence-electron chi connectivity index (χ3n) is 3.52. The summed E-state index contributed by atoms with van der Waals surface area (Å²) in [7, 11) is 0. The number of furan rings is 1. The first-order valence-electron chi connectivity index (χ1n) is 6.96. The smallest absolute Gasteiger partial charge is 0.160 e. The lowest BCUT2D eigenvalue weighted by atomic mass is 9.94. The molecule has 23 heavy (non-hydrogen) atoms. The van der Waals surface area contributed by atoms with Crippen LogP contribution in [0.25, 0.3) is 22.6 Å². The maximum Gasteiger partial charge on any atom is 0.160 e. The van der Waals surface area contributed by atoms with Crippen molar-refractivity contribution in [2.24, 2.45) is 0 Å². The lowest BCUT2D eigenvalue weighted by Crippen LogP contribution is -2.02. The second-order valence-corrected chi connectivity index (χ2v) is 5.01. The van der Waals surface area contributed by atoms with E-state index in [9.17, 15) is 10.1 Å². The summed E-state index contributed by atoms with van der Waals surface area (Å²) in [6.07, 6.45) is 1.53. The van der Waals surface area contributed by atoms with Crippen molar-refractivity contribution in [2.75, 3.05) is 5.73 Å². The van der Waals surface area contributed by atoms with Gasteiger partial charge >= 0.3 is 0 Å². The molecule has 112 valence electrons. The summed E-state index contributed by atoms with van der Waals surface area (Å²) in [5.74, 6) is 0.582. The van der Waals surface area contributed by atoms with Crippen LogP contribution in [0.5, 0.6) is 0 Å². The first-order chi connectivity index (χ1) is 11.1. The van der Waals surface area contributed by atoms with Gasteiger partial charge in [0.15, 0.2) is 11.5 Å². The number of aromatic nitrogens is 1. The minimum absolute atomic E-state index is 0.0682. The zero-order valence-electron chi connectivity index (χ0n) is 12.4. The minimum atomic E-state index is -0.0682. The molecule has 2 N–H and O–H groups in total. The largest absolute Gasteiger partial charge is 0.463 e. The van der Waals surface area contributed by atoms with Crippen LogP contribution in [0.1, 0.15) is 22.8 Å². The van der Waals surface area contributed by atoms with Gasteiger partial charge in [-0.2, -0.15) is 5.26 Å². The van der Waals surface area contributed by atoms with Gasteiger partial charge in [0.05, 0.1) is 11.8 Å². The Hall–Kier alpha value is -3.39. The fourth-order valence-corrected chi connectivity index (χ4v) is 2.45. The highest BCUT2D eigenvalue weighted by molar-refractivity contribution is 6.02. The van der Waals surface area contributed by atoms with Crippen LogP contribution >= 0.6 is 0 Å². The van der Waals surface area contributed by atoms with Crippen LogP contribution in [-0.2, 0) is 0 Å². The highest BCUT2D eigenvalue weighted by Gasteiger charge is 2.18.